The molecule has 0 spiro atoms. The minimum atomic E-state index is -0.601. The van der Waals surface area contributed by atoms with Crippen LogP contribution in [0.4, 0.5) is 10.2 Å². The van der Waals surface area contributed by atoms with Crippen molar-refractivity contribution in [2.75, 3.05) is 5.73 Å². The summed E-state index contributed by atoms with van der Waals surface area (Å²) in [5, 5.41) is 2.73. The highest BCUT2D eigenvalue weighted by molar-refractivity contribution is 5.98. The van der Waals surface area contributed by atoms with E-state index in [0.717, 1.165) is 17.8 Å². The fraction of sp³-hybridized carbons (Fsp3) is 0.154. The number of hydrogen-bond donors (Lipinski definition) is 2. The van der Waals surface area contributed by atoms with E-state index in [9.17, 15) is 9.18 Å². The fourth-order valence-corrected chi connectivity index (χ4v) is 1.64. The van der Waals surface area contributed by atoms with Crippen molar-refractivity contribution >= 4 is 11.7 Å². The molecule has 0 fully saturated rings. The summed E-state index contributed by atoms with van der Waals surface area (Å²) >= 11 is 0. The van der Waals surface area contributed by atoms with E-state index >= 15 is 0 Å². The summed E-state index contributed by atoms with van der Waals surface area (Å²) < 4.78 is 13.1. The maximum absolute atomic E-state index is 13.1. The Hall–Kier alpha value is -2.50. The molecule has 2 heterocycles. The normalized spacial score (nSPS) is 11.9. The Kier molecular flexibility index (Phi) is 3.70. The highest BCUT2D eigenvalue weighted by Crippen LogP contribution is 2.14. The van der Waals surface area contributed by atoms with E-state index in [2.05, 4.69) is 15.3 Å². The Morgan fingerprint density at radius 2 is 2.11 bits per heavy atom. The highest BCUT2D eigenvalue weighted by atomic mass is 19.1. The third-order valence-electron chi connectivity index (χ3n) is 2.68. The lowest BCUT2D eigenvalue weighted by Gasteiger charge is -2.14. The van der Waals surface area contributed by atoms with Crippen molar-refractivity contribution in [1.82, 2.24) is 15.3 Å². The van der Waals surface area contributed by atoms with E-state index in [4.69, 9.17) is 5.73 Å². The van der Waals surface area contributed by atoms with Gasteiger partial charge in [-0.15, -0.1) is 0 Å². The zero-order valence-electron chi connectivity index (χ0n) is 10.3. The number of carbonyl (C=O) groups excluding carboxylic acids is 1. The van der Waals surface area contributed by atoms with Crippen LogP contribution in [-0.4, -0.2) is 15.9 Å². The lowest BCUT2D eigenvalue weighted by Crippen LogP contribution is -2.27. The summed E-state index contributed by atoms with van der Waals surface area (Å²) in [6.07, 6.45) is 4.24. The topological polar surface area (TPSA) is 80.9 Å². The number of nitrogen functional groups attached to an aromatic ring is 1. The molecule has 0 aromatic carbocycles. The Morgan fingerprint density at radius 3 is 2.79 bits per heavy atom. The number of nitrogens with two attached hydrogens (primary N) is 1. The molecule has 0 saturated carbocycles. The second-order valence-electron chi connectivity index (χ2n) is 4.06. The first-order valence-electron chi connectivity index (χ1n) is 5.69. The van der Waals surface area contributed by atoms with Crippen molar-refractivity contribution in [2.24, 2.45) is 0 Å². The van der Waals surface area contributed by atoms with Crippen molar-refractivity contribution in [3.05, 3.63) is 53.7 Å². The number of nitrogens with zero attached hydrogens (tertiary/aromatic N) is 2. The predicted molar refractivity (Wildman–Crippen MR) is 68.7 cm³/mol. The van der Waals surface area contributed by atoms with E-state index in [1.165, 1.54) is 0 Å². The molecule has 0 saturated heterocycles. The molecule has 0 aliphatic heterocycles. The van der Waals surface area contributed by atoms with Gasteiger partial charge in [0.1, 0.15) is 11.6 Å². The molecule has 2 aromatic rings. The van der Waals surface area contributed by atoms with Gasteiger partial charge in [0.15, 0.2) is 0 Å². The number of rotatable bonds is 3. The van der Waals surface area contributed by atoms with Crippen molar-refractivity contribution in [3.63, 3.8) is 0 Å². The van der Waals surface area contributed by atoms with E-state index in [1.54, 1.807) is 24.5 Å². The minimum Gasteiger partial charge on any atom is -0.383 e. The van der Waals surface area contributed by atoms with Gasteiger partial charge >= 0.3 is 0 Å². The lowest BCUT2D eigenvalue weighted by molar-refractivity contribution is 0.0940. The van der Waals surface area contributed by atoms with Gasteiger partial charge in [-0.05, 0) is 30.7 Å². The van der Waals surface area contributed by atoms with Gasteiger partial charge in [0, 0.05) is 12.4 Å². The van der Waals surface area contributed by atoms with Crippen LogP contribution in [-0.2, 0) is 0 Å². The molecule has 0 radical (unpaired) electrons. The average Bonchev–Trinajstić information content (AvgIpc) is 2.42. The van der Waals surface area contributed by atoms with Crippen LogP contribution in [0.3, 0.4) is 0 Å². The third-order valence-corrected chi connectivity index (χ3v) is 2.68. The van der Waals surface area contributed by atoms with Crippen LogP contribution in [0.25, 0.3) is 0 Å². The second-order valence-corrected chi connectivity index (χ2v) is 4.06. The van der Waals surface area contributed by atoms with Gasteiger partial charge in [0.25, 0.3) is 5.91 Å². The van der Waals surface area contributed by atoms with Crippen LogP contribution in [0, 0.1) is 5.82 Å². The largest absolute Gasteiger partial charge is 0.383 e. The standard InChI is InChI=1S/C13H13FN4O/c1-8(9-2-4-16-5-3-9)18-13(19)11-6-10(14)7-17-12(11)15/h2-8H,1H3,(H2,15,17)(H,18,19). The van der Waals surface area contributed by atoms with Crippen LogP contribution < -0.4 is 11.1 Å². The van der Waals surface area contributed by atoms with Crippen molar-refractivity contribution in [3.8, 4) is 0 Å². The van der Waals surface area contributed by atoms with Gasteiger partial charge in [0.05, 0.1) is 17.8 Å². The number of pyridine rings is 2. The van der Waals surface area contributed by atoms with Gasteiger partial charge in [-0.25, -0.2) is 9.37 Å². The molecule has 0 aliphatic carbocycles. The SMILES string of the molecule is CC(NC(=O)c1cc(F)cnc1N)c1ccncc1. The van der Waals surface area contributed by atoms with E-state index < -0.39 is 11.7 Å². The molecule has 3 N–H and O–H groups in total. The van der Waals surface area contributed by atoms with E-state index in [0.29, 0.717) is 0 Å². The molecule has 98 valence electrons. The van der Waals surface area contributed by atoms with Crippen molar-refractivity contribution in [2.45, 2.75) is 13.0 Å². The first-order chi connectivity index (χ1) is 9.08. The van der Waals surface area contributed by atoms with Crippen LogP contribution in [0.15, 0.2) is 36.8 Å². The summed E-state index contributed by atoms with van der Waals surface area (Å²) in [5.74, 6) is -1.06. The Bertz CT molecular complexity index is 588. The maximum atomic E-state index is 13.1. The van der Waals surface area contributed by atoms with E-state index in [-0.39, 0.29) is 17.4 Å². The molecule has 1 amide bonds. The first-order valence-corrected chi connectivity index (χ1v) is 5.69. The number of aromatic nitrogens is 2. The molecular weight excluding hydrogens is 247 g/mol. The smallest absolute Gasteiger partial charge is 0.255 e. The first kappa shape index (κ1) is 12.9. The number of amides is 1. The maximum Gasteiger partial charge on any atom is 0.255 e. The van der Waals surface area contributed by atoms with Gasteiger partial charge in [-0.2, -0.15) is 0 Å². The molecule has 6 heteroatoms. The third kappa shape index (κ3) is 3.04. The van der Waals surface area contributed by atoms with Crippen molar-refractivity contribution in [1.29, 1.82) is 0 Å². The monoisotopic (exact) mass is 260 g/mol. The van der Waals surface area contributed by atoms with Gasteiger partial charge in [0.2, 0.25) is 0 Å². The van der Waals surface area contributed by atoms with Gasteiger partial charge in [-0.1, -0.05) is 0 Å². The molecule has 19 heavy (non-hydrogen) atoms. The summed E-state index contributed by atoms with van der Waals surface area (Å²) in [4.78, 5) is 19.5. The molecular formula is C13H13FN4O. The van der Waals surface area contributed by atoms with Gasteiger partial charge in [-0.3, -0.25) is 9.78 Å². The van der Waals surface area contributed by atoms with Crippen LogP contribution in [0.5, 0.6) is 0 Å². The predicted octanol–water partition coefficient (Wildman–Crippen LogP) is 1.69. The molecule has 2 rings (SSSR count). The molecule has 2 aromatic heterocycles. The summed E-state index contributed by atoms with van der Waals surface area (Å²) in [6.45, 7) is 1.82. The van der Waals surface area contributed by atoms with Crippen LogP contribution in [0.1, 0.15) is 28.9 Å². The summed E-state index contributed by atoms with van der Waals surface area (Å²) in [5.41, 5.74) is 6.48. The molecule has 1 atom stereocenters. The Morgan fingerprint density at radius 1 is 1.42 bits per heavy atom. The number of hydrogen-bond acceptors (Lipinski definition) is 4. The number of carbonyl (C=O) groups is 1. The quantitative estimate of drug-likeness (QED) is 0.880. The summed E-state index contributed by atoms with van der Waals surface area (Å²) in [7, 11) is 0. The highest BCUT2D eigenvalue weighted by Gasteiger charge is 2.15. The lowest BCUT2D eigenvalue weighted by atomic mass is 10.1. The van der Waals surface area contributed by atoms with Crippen LogP contribution in [0.2, 0.25) is 0 Å². The number of anilines is 1. The molecule has 1 unspecified atom stereocenters. The van der Waals surface area contributed by atoms with Crippen LogP contribution >= 0.6 is 0 Å². The molecule has 5 nitrogen and oxygen atoms in total. The zero-order valence-corrected chi connectivity index (χ0v) is 10.3. The van der Waals surface area contributed by atoms with Gasteiger partial charge < -0.3 is 11.1 Å². The molecule has 0 bridgehead atoms. The Labute approximate surface area is 109 Å². The molecule has 0 aliphatic rings. The fourth-order valence-electron chi connectivity index (χ4n) is 1.64. The second kappa shape index (κ2) is 5.43. The Balaban J connectivity index is 2.15. The minimum absolute atomic E-state index is 0.000767. The number of nitrogens with one attached hydrogen (secondary N) is 1. The number of halogens is 1. The zero-order chi connectivity index (χ0) is 13.8. The summed E-state index contributed by atoms with van der Waals surface area (Å²) in [6, 6.07) is 4.41. The van der Waals surface area contributed by atoms with Crippen molar-refractivity contribution < 1.29 is 9.18 Å². The van der Waals surface area contributed by atoms with E-state index in [1.807, 2.05) is 6.92 Å². The average molecular weight is 260 g/mol.